The lowest BCUT2D eigenvalue weighted by molar-refractivity contribution is 0.0260. The van der Waals surface area contributed by atoms with Crippen LogP contribution in [0.4, 0.5) is 10.2 Å². The zero-order chi connectivity index (χ0) is 12.4. The number of aliphatic hydroxyl groups excluding tert-OH is 1. The number of nitrogens with two attached hydrogens (primary N) is 1. The second kappa shape index (κ2) is 5.03. The number of nitrogen functional groups attached to an aromatic ring is 1. The van der Waals surface area contributed by atoms with Crippen LogP contribution in [-0.4, -0.2) is 38.6 Å². The molecule has 1 aliphatic rings. The van der Waals surface area contributed by atoms with Gasteiger partial charge >= 0.3 is 5.69 Å². The van der Waals surface area contributed by atoms with Gasteiger partial charge in [-0.25, -0.2) is 9.18 Å². The molecule has 0 saturated carbocycles. The Hall–Kier alpha value is -1.12. The first kappa shape index (κ1) is 12.3. The third kappa shape index (κ3) is 2.76. The number of halogens is 1. The van der Waals surface area contributed by atoms with Crippen molar-refractivity contribution in [3.63, 3.8) is 0 Å². The van der Waals surface area contributed by atoms with Crippen molar-refractivity contribution in [1.82, 2.24) is 9.55 Å². The molecule has 1 aromatic heterocycles. The van der Waals surface area contributed by atoms with Gasteiger partial charge in [-0.15, -0.1) is 11.8 Å². The van der Waals surface area contributed by atoms with Crippen molar-refractivity contribution in [2.75, 3.05) is 18.1 Å². The van der Waals surface area contributed by atoms with E-state index in [0.717, 1.165) is 10.8 Å². The number of anilines is 1. The molecule has 2 unspecified atom stereocenters. The lowest BCUT2D eigenvalue weighted by Gasteiger charge is -2.12. The molecule has 94 valence electrons. The zero-order valence-corrected chi connectivity index (χ0v) is 9.69. The second-order valence-electron chi connectivity index (χ2n) is 3.61. The van der Waals surface area contributed by atoms with E-state index in [9.17, 15) is 9.18 Å². The standard InChI is InChI=1S/C9H12FN3O3S/c10-6-2-13(9(15)12-8(6)11)1-5-4-17-7(3-14)16-5/h2,5,7,14H,1,3-4H2,(H2,11,12,15). The van der Waals surface area contributed by atoms with Crippen molar-refractivity contribution in [1.29, 1.82) is 0 Å². The number of rotatable bonds is 3. The topological polar surface area (TPSA) is 90.4 Å². The van der Waals surface area contributed by atoms with E-state index in [4.69, 9.17) is 15.6 Å². The summed E-state index contributed by atoms with van der Waals surface area (Å²) in [6.07, 6.45) is 0.782. The minimum absolute atomic E-state index is 0.0790. The van der Waals surface area contributed by atoms with Crippen LogP contribution in [0.2, 0.25) is 0 Å². The number of hydrogen-bond donors (Lipinski definition) is 2. The molecule has 1 aliphatic heterocycles. The summed E-state index contributed by atoms with van der Waals surface area (Å²) in [6, 6.07) is 0. The van der Waals surface area contributed by atoms with Crippen LogP contribution in [0.3, 0.4) is 0 Å². The van der Waals surface area contributed by atoms with Crippen molar-refractivity contribution < 1.29 is 14.2 Å². The van der Waals surface area contributed by atoms with Crippen LogP contribution >= 0.6 is 11.8 Å². The molecule has 2 atom stereocenters. The molecule has 1 aromatic rings. The maximum Gasteiger partial charge on any atom is 0.349 e. The van der Waals surface area contributed by atoms with Crippen LogP contribution in [0, 0.1) is 5.82 Å². The van der Waals surface area contributed by atoms with Crippen molar-refractivity contribution in [3.05, 3.63) is 22.5 Å². The average molecular weight is 261 g/mol. The van der Waals surface area contributed by atoms with Gasteiger partial charge in [-0.1, -0.05) is 0 Å². The highest BCUT2D eigenvalue weighted by Gasteiger charge is 2.26. The first-order valence-electron chi connectivity index (χ1n) is 5.00. The number of ether oxygens (including phenoxy) is 1. The summed E-state index contributed by atoms with van der Waals surface area (Å²) in [5.41, 5.74) is 4.29. The molecule has 2 rings (SSSR count). The third-order valence-corrected chi connectivity index (χ3v) is 3.53. The van der Waals surface area contributed by atoms with Gasteiger partial charge in [0.05, 0.1) is 19.3 Å². The highest BCUT2D eigenvalue weighted by molar-refractivity contribution is 8.00. The first-order valence-corrected chi connectivity index (χ1v) is 6.05. The van der Waals surface area contributed by atoms with E-state index in [1.807, 2.05) is 0 Å². The molecule has 1 saturated heterocycles. The van der Waals surface area contributed by atoms with Gasteiger partial charge in [0.15, 0.2) is 11.6 Å². The summed E-state index contributed by atoms with van der Waals surface area (Å²) in [7, 11) is 0. The van der Waals surface area contributed by atoms with Crippen molar-refractivity contribution in [2.45, 2.75) is 18.1 Å². The second-order valence-corrected chi connectivity index (χ2v) is 4.81. The molecule has 0 radical (unpaired) electrons. The zero-order valence-electron chi connectivity index (χ0n) is 8.88. The molecule has 0 aromatic carbocycles. The lowest BCUT2D eigenvalue weighted by Crippen LogP contribution is -2.30. The quantitative estimate of drug-likeness (QED) is 0.756. The number of thioether (sulfide) groups is 1. The van der Waals surface area contributed by atoms with Crippen molar-refractivity contribution >= 4 is 17.6 Å². The molecular formula is C9H12FN3O3S. The van der Waals surface area contributed by atoms with Crippen LogP contribution < -0.4 is 11.4 Å². The largest absolute Gasteiger partial charge is 0.393 e. The van der Waals surface area contributed by atoms with Crippen LogP contribution in [0.25, 0.3) is 0 Å². The van der Waals surface area contributed by atoms with E-state index in [2.05, 4.69) is 4.98 Å². The molecule has 1 fully saturated rings. The fourth-order valence-corrected chi connectivity index (χ4v) is 2.48. The van der Waals surface area contributed by atoms with E-state index in [-0.39, 0.29) is 24.7 Å². The van der Waals surface area contributed by atoms with Gasteiger partial charge in [0, 0.05) is 11.9 Å². The Labute approximate surface area is 101 Å². The maximum absolute atomic E-state index is 13.1. The molecule has 0 bridgehead atoms. The first-order chi connectivity index (χ1) is 8.10. The van der Waals surface area contributed by atoms with E-state index < -0.39 is 17.3 Å². The maximum atomic E-state index is 13.1. The molecule has 17 heavy (non-hydrogen) atoms. The van der Waals surface area contributed by atoms with Crippen molar-refractivity contribution in [3.8, 4) is 0 Å². The van der Waals surface area contributed by atoms with Crippen LogP contribution in [0.5, 0.6) is 0 Å². The fraction of sp³-hybridized carbons (Fsp3) is 0.556. The van der Waals surface area contributed by atoms with Gasteiger partial charge < -0.3 is 15.6 Å². The van der Waals surface area contributed by atoms with Gasteiger partial charge in [-0.2, -0.15) is 4.98 Å². The van der Waals surface area contributed by atoms with Crippen LogP contribution in [0.15, 0.2) is 11.0 Å². The van der Waals surface area contributed by atoms with Gasteiger partial charge in [0.25, 0.3) is 0 Å². The normalized spacial score (nSPS) is 24.1. The highest BCUT2D eigenvalue weighted by Crippen LogP contribution is 2.25. The Kier molecular flexibility index (Phi) is 3.65. The number of aliphatic hydroxyl groups is 1. The Bertz CT molecular complexity index is 467. The van der Waals surface area contributed by atoms with E-state index in [1.54, 1.807) is 0 Å². The molecule has 6 nitrogen and oxygen atoms in total. The van der Waals surface area contributed by atoms with Crippen molar-refractivity contribution in [2.24, 2.45) is 0 Å². The Morgan fingerprint density at radius 2 is 2.53 bits per heavy atom. The minimum atomic E-state index is -0.728. The predicted octanol–water partition coefficient (Wildman–Crippen LogP) is -0.585. The molecule has 0 aliphatic carbocycles. The Morgan fingerprint density at radius 1 is 1.76 bits per heavy atom. The molecule has 3 N–H and O–H groups in total. The summed E-state index contributed by atoms with van der Waals surface area (Å²) >= 11 is 1.46. The van der Waals surface area contributed by atoms with Gasteiger partial charge in [0.2, 0.25) is 0 Å². The van der Waals surface area contributed by atoms with Gasteiger partial charge in [0.1, 0.15) is 5.44 Å². The summed E-state index contributed by atoms with van der Waals surface area (Å²) < 4.78 is 19.7. The van der Waals surface area contributed by atoms with Crippen LogP contribution in [0.1, 0.15) is 0 Å². The van der Waals surface area contributed by atoms with E-state index in [1.165, 1.54) is 11.8 Å². The number of nitrogens with zero attached hydrogens (tertiary/aromatic N) is 2. The summed E-state index contributed by atoms with van der Waals surface area (Å²) in [4.78, 5) is 14.8. The Morgan fingerprint density at radius 3 is 3.18 bits per heavy atom. The lowest BCUT2D eigenvalue weighted by atomic mass is 10.4. The van der Waals surface area contributed by atoms with E-state index >= 15 is 0 Å². The highest BCUT2D eigenvalue weighted by atomic mass is 32.2. The average Bonchev–Trinajstić information content (AvgIpc) is 2.73. The summed E-state index contributed by atoms with van der Waals surface area (Å²) in [5.74, 6) is -0.487. The fourth-order valence-electron chi connectivity index (χ4n) is 1.53. The molecule has 8 heteroatoms. The molecule has 0 spiro atoms. The minimum Gasteiger partial charge on any atom is -0.393 e. The predicted molar refractivity (Wildman–Crippen MR) is 61.1 cm³/mol. The number of hydrogen-bond acceptors (Lipinski definition) is 6. The monoisotopic (exact) mass is 261 g/mol. The van der Waals surface area contributed by atoms with Gasteiger partial charge in [-0.3, -0.25) is 4.57 Å². The SMILES string of the molecule is Nc1nc(=O)n(CC2CSC(CO)O2)cc1F. The third-order valence-electron chi connectivity index (χ3n) is 2.34. The molecular weight excluding hydrogens is 249 g/mol. The summed E-state index contributed by atoms with van der Waals surface area (Å²) in [6.45, 7) is 0.122. The Balaban J connectivity index is 2.09. The van der Waals surface area contributed by atoms with E-state index in [0.29, 0.717) is 5.75 Å². The van der Waals surface area contributed by atoms with Gasteiger partial charge in [-0.05, 0) is 0 Å². The summed E-state index contributed by atoms with van der Waals surface area (Å²) in [5, 5.41) is 8.88. The number of aromatic nitrogens is 2. The molecule has 2 heterocycles. The smallest absolute Gasteiger partial charge is 0.349 e. The molecule has 0 amide bonds. The van der Waals surface area contributed by atoms with Crippen LogP contribution in [-0.2, 0) is 11.3 Å².